The van der Waals surface area contributed by atoms with Crippen molar-refractivity contribution in [2.24, 2.45) is 0 Å². The fraction of sp³-hybridized carbons (Fsp3) is 0.208. The Balaban J connectivity index is 2.05. The van der Waals surface area contributed by atoms with E-state index in [0.29, 0.717) is 18.2 Å². The van der Waals surface area contributed by atoms with Crippen LogP contribution in [0.5, 0.6) is 0 Å². The summed E-state index contributed by atoms with van der Waals surface area (Å²) in [6, 6.07) is 13.9. The van der Waals surface area contributed by atoms with Gasteiger partial charge >= 0.3 is 0 Å². The second kappa shape index (κ2) is 9.80. The van der Waals surface area contributed by atoms with Crippen molar-refractivity contribution in [1.82, 2.24) is 19.9 Å². The zero-order valence-corrected chi connectivity index (χ0v) is 17.6. The molecule has 0 amide bonds. The predicted octanol–water partition coefficient (Wildman–Crippen LogP) is 4.01. The number of rotatable bonds is 8. The minimum atomic E-state index is 0.00747. The number of aryl methyl sites for hydroxylation is 1. The molecule has 0 unspecified atom stereocenters. The van der Waals surface area contributed by atoms with E-state index in [-0.39, 0.29) is 6.61 Å². The minimum Gasteiger partial charge on any atom is -0.395 e. The van der Waals surface area contributed by atoms with Crippen molar-refractivity contribution < 1.29 is 5.11 Å². The molecule has 30 heavy (non-hydrogen) atoms. The molecule has 2 N–H and O–H groups in total. The highest BCUT2D eigenvalue weighted by molar-refractivity contribution is 5.77. The molecule has 2 heterocycles. The van der Waals surface area contributed by atoms with Crippen LogP contribution in [0.3, 0.4) is 0 Å². The monoisotopic (exact) mass is 401 g/mol. The third-order valence-corrected chi connectivity index (χ3v) is 4.43. The van der Waals surface area contributed by atoms with Gasteiger partial charge in [-0.2, -0.15) is 0 Å². The van der Waals surface area contributed by atoms with E-state index in [1.165, 1.54) is 0 Å². The van der Waals surface area contributed by atoms with Crippen molar-refractivity contribution in [2.75, 3.05) is 32.6 Å². The van der Waals surface area contributed by atoms with Crippen LogP contribution in [0.2, 0.25) is 0 Å². The Labute approximate surface area is 177 Å². The van der Waals surface area contributed by atoms with E-state index in [2.05, 4.69) is 21.9 Å². The smallest absolute Gasteiger partial charge is 0.161 e. The molecule has 0 radical (unpaired) electrons. The maximum atomic E-state index is 9.27. The molecular formula is C24H27N5O. The summed E-state index contributed by atoms with van der Waals surface area (Å²) in [5.41, 5.74) is 5.46. The number of aliphatic hydroxyl groups excluding tert-OH is 1. The van der Waals surface area contributed by atoms with Crippen molar-refractivity contribution in [3.8, 4) is 22.6 Å². The van der Waals surface area contributed by atoms with E-state index in [1.54, 1.807) is 6.20 Å². The molecule has 0 saturated heterocycles. The Morgan fingerprint density at radius 1 is 1.17 bits per heavy atom. The fourth-order valence-corrected chi connectivity index (χ4v) is 3.07. The van der Waals surface area contributed by atoms with Crippen LogP contribution in [-0.2, 0) is 0 Å². The number of benzene rings is 1. The van der Waals surface area contributed by atoms with E-state index >= 15 is 0 Å². The summed E-state index contributed by atoms with van der Waals surface area (Å²) in [5.74, 6) is 1.24. The van der Waals surface area contributed by atoms with E-state index in [1.807, 2.05) is 80.7 Å². The molecule has 0 aliphatic rings. The quantitative estimate of drug-likeness (QED) is 0.556. The summed E-state index contributed by atoms with van der Waals surface area (Å²) in [4.78, 5) is 15.9. The lowest BCUT2D eigenvalue weighted by atomic mass is 10.0. The Morgan fingerprint density at radius 3 is 2.67 bits per heavy atom. The number of nitrogens with one attached hydrogen (secondary N) is 1. The molecular weight excluding hydrogens is 374 g/mol. The van der Waals surface area contributed by atoms with E-state index in [9.17, 15) is 5.11 Å². The van der Waals surface area contributed by atoms with E-state index in [4.69, 9.17) is 4.98 Å². The van der Waals surface area contributed by atoms with Crippen LogP contribution in [0.25, 0.3) is 28.2 Å². The molecule has 1 aromatic carbocycles. The number of allylic oxidation sites excluding steroid dienone is 2. The molecule has 0 aliphatic heterocycles. The largest absolute Gasteiger partial charge is 0.395 e. The van der Waals surface area contributed by atoms with Gasteiger partial charge in [0.2, 0.25) is 0 Å². The Hall–Kier alpha value is -3.51. The van der Waals surface area contributed by atoms with Gasteiger partial charge in [0.05, 0.1) is 17.9 Å². The lowest BCUT2D eigenvalue weighted by Gasteiger charge is -2.13. The molecule has 3 rings (SSSR count). The van der Waals surface area contributed by atoms with Crippen LogP contribution in [0.15, 0.2) is 67.5 Å². The zero-order valence-electron chi connectivity index (χ0n) is 17.6. The number of pyridine rings is 1. The Kier molecular flexibility index (Phi) is 6.93. The molecule has 0 spiro atoms. The Morgan fingerprint density at radius 2 is 1.97 bits per heavy atom. The number of hydrogen-bond acceptors (Lipinski definition) is 6. The van der Waals surface area contributed by atoms with E-state index < -0.39 is 0 Å². The van der Waals surface area contributed by atoms with Gasteiger partial charge in [-0.3, -0.25) is 4.98 Å². The predicted molar refractivity (Wildman–Crippen MR) is 123 cm³/mol. The first-order valence-electron chi connectivity index (χ1n) is 9.79. The summed E-state index contributed by atoms with van der Waals surface area (Å²) in [5, 5.41) is 12.5. The van der Waals surface area contributed by atoms with Crippen LogP contribution in [0.1, 0.15) is 11.3 Å². The standard InChI is InChI=1S/C24H27N5O/c1-5-18(16-29(3)4)19-9-7-10-20(14-19)23-26-15-21(24(28-23)25-12-13-30)22-11-6-8-17(2)27-22/h5-11,14-16,30H,1,12-13H2,2-4H3,(H,25,26,28)/b18-16+. The molecule has 6 nitrogen and oxygen atoms in total. The second-order valence-electron chi connectivity index (χ2n) is 7.10. The first-order valence-corrected chi connectivity index (χ1v) is 9.79. The van der Waals surface area contributed by atoms with Gasteiger partial charge in [-0.15, -0.1) is 0 Å². The number of aromatic nitrogens is 3. The first-order chi connectivity index (χ1) is 14.5. The zero-order chi connectivity index (χ0) is 21.5. The highest BCUT2D eigenvalue weighted by atomic mass is 16.3. The van der Waals surface area contributed by atoms with Crippen LogP contribution in [-0.4, -0.2) is 52.2 Å². The van der Waals surface area contributed by atoms with Crippen molar-refractivity contribution >= 4 is 11.4 Å². The van der Waals surface area contributed by atoms with Crippen LogP contribution < -0.4 is 5.32 Å². The third-order valence-electron chi connectivity index (χ3n) is 4.43. The first kappa shape index (κ1) is 21.2. The second-order valence-corrected chi connectivity index (χ2v) is 7.10. The van der Waals surface area contributed by atoms with Gasteiger partial charge in [0.15, 0.2) is 5.82 Å². The number of hydrogen-bond donors (Lipinski definition) is 2. The van der Waals surface area contributed by atoms with Crippen molar-refractivity contribution in [3.05, 3.63) is 78.8 Å². The Bertz CT molecular complexity index is 1060. The van der Waals surface area contributed by atoms with E-state index in [0.717, 1.165) is 33.7 Å². The molecule has 2 aromatic heterocycles. The van der Waals surface area contributed by atoms with Crippen LogP contribution in [0.4, 0.5) is 5.82 Å². The lowest BCUT2D eigenvalue weighted by Crippen LogP contribution is -2.09. The van der Waals surface area contributed by atoms with Crippen LogP contribution in [0, 0.1) is 6.92 Å². The van der Waals surface area contributed by atoms with Crippen LogP contribution >= 0.6 is 0 Å². The molecule has 0 aliphatic carbocycles. The summed E-state index contributed by atoms with van der Waals surface area (Å²) < 4.78 is 0. The molecule has 0 saturated carbocycles. The number of nitrogens with zero attached hydrogens (tertiary/aromatic N) is 4. The lowest BCUT2D eigenvalue weighted by molar-refractivity contribution is 0.311. The average Bonchev–Trinajstić information content (AvgIpc) is 2.75. The summed E-state index contributed by atoms with van der Waals surface area (Å²) in [6.45, 7) is 6.27. The third kappa shape index (κ3) is 5.10. The molecule has 0 fully saturated rings. The topological polar surface area (TPSA) is 74.2 Å². The van der Waals surface area contributed by atoms with Gasteiger partial charge in [0, 0.05) is 44.3 Å². The van der Waals surface area contributed by atoms with Gasteiger partial charge < -0.3 is 15.3 Å². The van der Waals surface area contributed by atoms with Crippen molar-refractivity contribution in [1.29, 1.82) is 0 Å². The maximum Gasteiger partial charge on any atom is 0.161 e. The number of aliphatic hydroxyl groups is 1. The highest BCUT2D eigenvalue weighted by Crippen LogP contribution is 2.28. The highest BCUT2D eigenvalue weighted by Gasteiger charge is 2.12. The minimum absolute atomic E-state index is 0.00747. The SMILES string of the molecule is C=C/C(=C\N(C)C)c1cccc(-c2ncc(-c3cccc(C)n3)c(NCCO)n2)c1. The maximum absolute atomic E-state index is 9.27. The van der Waals surface area contributed by atoms with Crippen molar-refractivity contribution in [2.45, 2.75) is 6.92 Å². The van der Waals surface area contributed by atoms with Gasteiger partial charge in [0.1, 0.15) is 5.82 Å². The average molecular weight is 402 g/mol. The molecule has 6 heteroatoms. The van der Waals surface area contributed by atoms with Gasteiger partial charge in [-0.05, 0) is 36.3 Å². The van der Waals surface area contributed by atoms with Crippen molar-refractivity contribution in [3.63, 3.8) is 0 Å². The van der Waals surface area contributed by atoms with Gasteiger partial charge in [-0.1, -0.05) is 36.9 Å². The fourth-order valence-electron chi connectivity index (χ4n) is 3.07. The summed E-state index contributed by atoms with van der Waals surface area (Å²) >= 11 is 0. The van der Waals surface area contributed by atoms with Gasteiger partial charge in [0.25, 0.3) is 0 Å². The number of anilines is 1. The molecule has 0 atom stereocenters. The van der Waals surface area contributed by atoms with Gasteiger partial charge in [-0.25, -0.2) is 9.97 Å². The molecule has 3 aromatic rings. The summed E-state index contributed by atoms with van der Waals surface area (Å²) in [7, 11) is 3.96. The normalized spacial score (nSPS) is 11.3. The summed E-state index contributed by atoms with van der Waals surface area (Å²) in [6.07, 6.45) is 5.63. The molecule has 0 bridgehead atoms. The molecule has 154 valence electrons.